The number of hydrogen-bond donors (Lipinski definition) is 1. The number of rotatable bonds is 4. The fourth-order valence-electron chi connectivity index (χ4n) is 0.751. The third-order valence-corrected chi connectivity index (χ3v) is 1.59. The summed E-state index contributed by atoms with van der Waals surface area (Å²) in [6.45, 7) is 3.86. The fourth-order valence-corrected chi connectivity index (χ4v) is 0.751. The Morgan fingerprint density at radius 2 is 2.30 bits per heavy atom. The predicted molar refractivity (Wildman–Crippen MR) is 44.9 cm³/mol. The zero-order chi connectivity index (χ0) is 7.98. The smallest absolute Gasteiger partial charge is 0.0599 e. The van der Waals surface area contributed by atoms with Gasteiger partial charge in [-0.2, -0.15) is 0 Å². The van der Waals surface area contributed by atoms with Crippen LogP contribution in [0.4, 0.5) is 0 Å². The van der Waals surface area contributed by atoms with Gasteiger partial charge in [0.25, 0.3) is 0 Å². The molecule has 0 aliphatic heterocycles. The molecule has 0 rings (SSSR count). The Labute approximate surface area is 63.6 Å². The van der Waals surface area contributed by atoms with Crippen LogP contribution in [0.1, 0.15) is 6.92 Å². The van der Waals surface area contributed by atoms with Crippen LogP contribution in [0.25, 0.3) is 0 Å². The van der Waals surface area contributed by atoms with E-state index in [0.29, 0.717) is 6.04 Å². The van der Waals surface area contributed by atoms with Crippen LogP contribution in [0.5, 0.6) is 0 Å². The van der Waals surface area contributed by atoms with Gasteiger partial charge in [0, 0.05) is 12.6 Å². The Bertz CT molecular complexity index is 115. The highest BCUT2D eigenvalue weighted by atomic mass is 15.1. The van der Waals surface area contributed by atoms with Gasteiger partial charge in [-0.3, -0.25) is 4.90 Å². The molecule has 1 atom stereocenters. The maximum absolute atomic E-state index is 5.15. The summed E-state index contributed by atoms with van der Waals surface area (Å²) in [6, 6.07) is 0.515. The largest absolute Gasteiger partial charge is 0.318 e. The maximum Gasteiger partial charge on any atom is 0.0599 e. The minimum Gasteiger partial charge on any atom is -0.318 e. The topological polar surface area (TPSA) is 15.3 Å². The predicted octanol–water partition coefficient (Wildman–Crippen LogP) is 0.159. The first kappa shape index (κ1) is 9.48. The van der Waals surface area contributed by atoms with Crippen LogP contribution < -0.4 is 5.32 Å². The number of hydrogen-bond acceptors (Lipinski definition) is 2. The van der Waals surface area contributed by atoms with Crippen molar-refractivity contribution in [3.05, 3.63) is 0 Å². The van der Waals surface area contributed by atoms with Crippen LogP contribution in [0, 0.1) is 12.3 Å². The van der Waals surface area contributed by atoms with Gasteiger partial charge in [0.1, 0.15) is 0 Å². The molecule has 0 saturated carbocycles. The number of likely N-dealkylation sites (N-methyl/N-ethyl adjacent to an activating group) is 2. The molecule has 0 aliphatic carbocycles. The van der Waals surface area contributed by atoms with E-state index in [1.165, 1.54) is 0 Å². The lowest BCUT2D eigenvalue weighted by atomic mass is 10.3. The van der Waals surface area contributed by atoms with E-state index < -0.39 is 0 Å². The van der Waals surface area contributed by atoms with Crippen molar-refractivity contribution in [2.45, 2.75) is 13.0 Å². The lowest BCUT2D eigenvalue weighted by Crippen LogP contribution is -2.36. The zero-order valence-electron chi connectivity index (χ0n) is 7.02. The van der Waals surface area contributed by atoms with E-state index in [1.807, 2.05) is 14.1 Å². The van der Waals surface area contributed by atoms with E-state index >= 15 is 0 Å². The van der Waals surface area contributed by atoms with Gasteiger partial charge in [-0.1, -0.05) is 5.92 Å². The minimum atomic E-state index is 0.515. The highest BCUT2D eigenvalue weighted by Crippen LogP contribution is 1.90. The van der Waals surface area contributed by atoms with Crippen LogP contribution in [0.15, 0.2) is 0 Å². The molecule has 0 aromatic rings. The van der Waals surface area contributed by atoms with Gasteiger partial charge < -0.3 is 5.32 Å². The SMILES string of the molecule is C#CCN(C)C(C)CNC. The molecule has 0 aromatic heterocycles. The van der Waals surface area contributed by atoms with Crippen LogP contribution in [-0.4, -0.2) is 38.1 Å². The first-order valence-corrected chi connectivity index (χ1v) is 3.50. The standard InChI is InChI=1S/C8H16N2/c1-5-6-10(4)8(2)7-9-3/h1,8-9H,6-7H2,2-4H3. The molecule has 58 valence electrons. The van der Waals surface area contributed by atoms with Gasteiger partial charge in [0.05, 0.1) is 6.54 Å². The van der Waals surface area contributed by atoms with Gasteiger partial charge in [-0.05, 0) is 21.0 Å². The molecule has 0 amide bonds. The third-order valence-electron chi connectivity index (χ3n) is 1.59. The monoisotopic (exact) mass is 140 g/mol. The van der Waals surface area contributed by atoms with Crippen molar-refractivity contribution >= 4 is 0 Å². The third kappa shape index (κ3) is 3.49. The molecule has 0 fully saturated rings. The van der Waals surface area contributed by atoms with Crippen molar-refractivity contribution in [3.8, 4) is 12.3 Å². The summed E-state index contributed by atoms with van der Waals surface area (Å²) in [6.07, 6.45) is 5.15. The molecule has 1 unspecified atom stereocenters. The van der Waals surface area contributed by atoms with Crippen LogP contribution in [-0.2, 0) is 0 Å². The Hall–Kier alpha value is -0.520. The second-order valence-corrected chi connectivity index (χ2v) is 2.53. The van der Waals surface area contributed by atoms with Crippen molar-refractivity contribution < 1.29 is 0 Å². The first-order chi connectivity index (χ1) is 4.72. The molecule has 0 bridgehead atoms. The normalized spacial score (nSPS) is 13.1. The second-order valence-electron chi connectivity index (χ2n) is 2.53. The van der Waals surface area contributed by atoms with Crippen LogP contribution in [0.3, 0.4) is 0 Å². The number of nitrogens with one attached hydrogen (secondary N) is 1. The molecule has 0 aliphatic rings. The van der Waals surface area contributed by atoms with Crippen molar-refractivity contribution in [3.63, 3.8) is 0 Å². The summed E-state index contributed by atoms with van der Waals surface area (Å²) in [7, 11) is 3.97. The first-order valence-electron chi connectivity index (χ1n) is 3.50. The van der Waals surface area contributed by atoms with E-state index in [9.17, 15) is 0 Å². The molecule has 2 heteroatoms. The molecule has 0 spiro atoms. The molecule has 10 heavy (non-hydrogen) atoms. The van der Waals surface area contributed by atoms with E-state index in [1.54, 1.807) is 0 Å². The summed E-state index contributed by atoms with van der Waals surface area (Å²) < 4.78 is 0. The highest BCUT2D eigenvalue weighted by molar-refractivity contribution is 4.88. The van der Waals surface area contributed by atoms with E-state index in [-0.39, 0.29) is 0 Å². The van der Waals surface area contributed by atoms with Gasteiger partial charge in [-0.15, -0.1) is 6.42 Å². The quantitative estimate of drug-likeness (QED) is 0.560. The molecule has 0 aromatic carbocycles. The Balaban J connectivity index is 3.50. The molecule has 0 heterocycles. The minimum absolute atomic E-state index is 0.515. The zero-order valence-corrected chi connectivity index (χ0v) is 7.02. The van der Waals surface area contributed by atoms with Crippen LogP contribution in [0.2, 0.25) is 0 Å². The molecule has 2 nitrogen and oxygen atoms in total. The van der Waals surface area contributed by atoms with Crippen molar-refractivity contribution in [2.75, 3.05) is 27.2 Å². The van der Waals surface area contributed by atoms with E-state index in [2.05, 4.69) is 23.1 Å². The summed E-state index contributed by atoms with van der Waals surface area (Å²) in [5.41, 5.74) is 0. The number of nitrogens with zero attached hydrogens (tertiary/aromatic N) is 1. The van der Waals surface area contributed by atoms with Crippen LogP contribution >= 0.6 is 0 Å². The molecule has 0 saturated heterocycles. The summed E-state index contributed by atoms with van der Waals surface area (Å²) in [5.74, 6) is 2.60. The van der Waals surface area contributed by atoms with Gasteiger partial charge in [-0.25, -0.2) is 0 Å². The van der Waals surface area contributed by atoms with Crippen molar-refractivity contribution in [2.24, 2.45) is 0 Å². The average Bonchev–Trinajstić information content (AvgIpc) is 1.89. The summed E-state index contributed by atoms with van der Waals surface area (Å²) in [4.78, 5) is 2.14. The Kier molecular flexibility index (Phi) is 5.00. The highest BCUT2D eigenvalue weighted by Gasteiger charge is 2.04. The molecular weight excluding hydrogens is 124 g/mol. The molecular formula is C8H16N2. The van der Waals surface area contributed by atoms with Crippen molar-refractivity contribution in [1.29, 1.82) is 0 Å². The van der Waals surface area contributed by atoms with E-state index in [0.717, 1.165) is 13.1 Å². The average molecular weight is 140 g/mol. The molecule has 1 N–H and O–H groups in total. The number of terminal acetylenes is 1. The van der Waals surface area contributed by atoms with Gasteiger partial charge in [0.15, 0.2) is 0 Å². The van der Waals surface area contributed by atoms with E-state index in [4.69, 9.17) is 6.42 Å². The lowest BCUT2D eigenvalue weighted by molar-refractivity contribution is 0.284. The second kappa shape index (κ2) is 5.28. The lowest BCUT2D eigenvalue weighted by Gasteiger charge is -2.21. The maximum atomic E-state index is 5.15. The van der Waals surface area contributed by atoms with Crippen molar-refractivity contribution in [1.82, 2.24) is 10.2 Å². The summed E-state index contributed by atoms with van der Waals surface area (Å²) in [5, 5.41) is 3.10. The Morgan fingerprint density at radius 1 is 1.70 bits per heavy atom. The fraction of sp³-hybridized carbons (Fsp3) is 0.750. The molecule has 0 radical (unpaired) electrons. The van der Waals surface area contributed by atoms with Gasteiger partial charge >= 0.3 is 0 Å². The summed E-state index contributed by atoms with van der Waals surface area (Å²) >= 11 is 0. The Morgan fingerprint density at radius 3 is 2.70 bits per heavy atom. The van der Waals surface area contributed by atoms with Gasteiger partial charge in [0.2, 0.25) is 0 Å².